The molecule has 0 bridgehead atoms. The van der Waals surface area contributed by atoms with E-state index < -0.39 is 36.9 Å². The summed E-state index contributed by atoms with van der Waals surface area (Å²) in [6, 6.07) is -1.00. The lowest BCUT2D eigenvalue weighted by Crippen LogP contribution is -2.53. The maximum atomic E-state index is 12.5. The molecule has 0 aliphatic rings. The SMILES string of the molecule is C/C=C/CC/C=C/CCCC(O)C(O)C(CO)NC(=O)C(O)CCCCCCCCCCCCCCCCC/C=C\CCCCCCCCCCCCCC. The highest BCUT2D eigenvalue weighted by Gasteiger charge is 2.28. The standard InChI is InChI=1S/C49H93NO5/c1-3-5-7-9-11-13-14-15-16-17-18-19-20-21-22-23-24-25-26-27-28-29-30-31-32-33-34-35-37-39-41-43-47(53)49(55)50-45(44-51)48(54)46(52)42-40-38-36-12-10-8-6-4-2/h4,6,12,21-22,36,45-48,51-54H,3,5,7-11,13-20,23-35,37-44H2,1-2H3,(H,50,55)/b6-4+,22-21-,36-12+. The van der Waals surface area contributed by atoms with Gasteiger partial charge in [-0.2, -0.15) is 0 Å². The summed E-state index contributed by atoms with van der Waals surface area (Å²) in [5.41, 5.74) is 0. The van der Waals surface area contributed by atoms with Crippen LogP contribution in [0.15, 0.2) is 36.5 Å². The molecule has 0 aliphatic carbocycles. The van der Waals surface area contributed by atoms with Gasteiger partial charge in [0.15, 0.2) is 0 Å². The number of rotatable bonds is 43. The van der Waals surface area contributed by atoms with Crippen LogP contribution in [-0.2, 0) is 4.79 Å². The lowest BCUT2D eigenvalue weighted by Gasteiger charge is -2.27. The van der Waals surface area contributed by atoms with Gasteiger partial charge in [-0.25, -0.2) is 0 Å². The Hall–Kier alpha value is -1.47. The van der Waals surface area contributed by atoms with Crippen LogP contribution in [0.4, 0.5) is 0 Å². The van der Waals surface area contributed by atoms with E-state index in [1.807, 2.05) is 13.0 Å². The van der Waals surface area contributed by atoms with Crippen LogP contribution in [0.25, 0.3) is 0 Å². The van der Waals surface area contributed by atoms with Crippen LogP contribution in [0.3, 0.4) is 0 Å². The van der Waals surface area contributed by atoms with Crippen LogP contribution in [-0.4, -0.2) is 57.3 Å². The molecule has 0 rings (SSSR count). The van der Waals surface area contributed by atoms with Crippen molar-refractivity contribution in [2.24, 2.45) is 0 Å². The fraction of sp³-hybridized carbons (Fsp3) is 0.857. The van der Waals surface area contributed by atoms with E-state index >= 15 is 0 Å². The topological polar surface area (TPSA) is 110 Å². The highest BCUT2D eigenvalue weighted by atomic mass is 16.3. The largest absolute Gasteiger partial charge is 0.394 e. The summed E-state index contributed by atoms with van der Waals surface area (Å²) >= 11 is 0. The van der Waals surface area contributed by atoms with Gasteiger partial charge in [0, 0.05) is 0 Å². The van der Waals surface area contributed by atoms with Crippen molar-refractivity contribution in [1.29, 1.82) is 0 Å². The second-order valence-electron chi connectivity index (χ2n) is 16.4. The summed E-state index contributed by atoms with van der Waals surface area (Å²) in [5, 5.41) is 43.4. The van der Waals surface area contributed by atoms with Crippen molar-refractivity contribution in [3.63, 3.8) is 0 Å². The van der Waals surface area contributed by atoms with Gasteiger partial charge in [0.05, 0.1) is 18.8 Å². The number of allylic oxidation sites excluding steroid dienone is 6. The van der Waals surface area contributed by atoms with Gasteiger partial charge in [-0.1, -0.05) is 204 Å². The first-order chi connectivity index (χ1) is 27.0. The molecule has 55 heavy (non-hydrogen) atoms. The van der Waals surface area contributed by atoms with Crippen molar-refractivity contribution < 1.29 is 25.2 Å². The number of hydrogen-bond acceptors (Lipinski definition) is 5. The maximum absolute atomic E-state index is 12.5. The van der Waals surface area contributed by atoms with Gasteiger partial charge in [0.1, 0.15) is 12.2 Å². The molecule has 0 saturated carbocycles. The van der Waals surface area contributed by atoms with Gasteiger partial charge >= 0.3 is 0 Å². The Morgan fingerprint density at radius 1 is 0.473 bits per heavy atom. The molecule has 1 amide bonds. The van der Waals surface area contributed by atoms with Crippen LogP contribution < -0.4 is 5.32 Å². The number of aliphatic hydroxyl groups is 4. The number of carbonyl (C=O) groups is 1. The first-order valence-electron chi connectivity index (χ1n) is 23.8. The van der Waals surface area contributed by atoms with Crippen molar-refractivity contribution in [2.45, 2.75) is 263 Å². The third-order valence-corrected chi connectivity index (χ3v) is 11.1. The minimum absolute atomic E-state index is 0.361. The predicted molar refractivity (Wildman–Crippen MR) is 237 cm³/mol. The number of hydrogen-bond donors (Lipinski definition) is 5. The number of unbranched alkanes of at least 4 members (excludes halogenated alkanes) is 29. The molecule has 324 valence electrons. The molecule has 0 saturated heterocycles. The summed E-state index contributed by atoms with van der Waals surface area (Å²) in [5.74, 6) is -0.600. The molecule has 0 aliphatic heterocycles. The summed E-state index contributed by atoms with van der Waals surface area (Å²) in [7, 11) is 0. The van der Waals surface area contributed by atoms with E-state index in [0.29, 0.717) is 19.3 Å². The van der Waals surface area contributed by atoms with E-state index in [4.69, 9.17) is 0 Å². The Labute approximate surface area is 341 Å². The zero-order chi connectivity index (χ0) is 40.3. The Balaban J connectivity index is 3.54. The van der Waals surface area contributed by atoms with Crippen LogP contribution in [0.2, 0.25) is 0 Å². The molecule has 4 atom stereocenters. The Morgan fingerprint density at radius 3 is 1.25 bits per heavy atom. The molecule has 0 aromatic rings. The molecule has 0 spiro atoms. The average Bonchev–Trinajstić information content (AvgIpc) is 3.19. The van der Waals surface area contributed by atoms with Crippen molar-refractivity contribution in [3.05, 3.63) is 36.5 Å². The first-order valence-corrected chi connectivity index (χ1v) is 23.8. The summed E-state index contributed by atoms with van der Waals surface area (Å²) in [6.45, 7) is 3.80. The number of nitrogens with one attached hydrogen (secondary N) is 1. The molecule has 4 unspecified atom stereocenters. The zero-order valence-corrected chi connectivity index (χ0v) is 36.4. The normalized spacial score (nSPS) is 14.4. The Bertz CT molecular complexity index is 873. The summed E-state index contributed by atoms with van der Waals surface area (Å²) < 4.78 is 0. The van der Waals surface area contributed by atoms with E-state index in [9.17, 15) is 25.2 Å². The molecular weight excluding hydrogens is 683 g/mol. The van der Waals surface area contributed by atoms with E-state index in [-0.39, 0.29) is 0 Å². The van der Waals surface area contributed by atoms with Crippen LogP contribution in [0.1, 0.15) is 239 Å². The fourth-order valence-electron chi connectivity index (χ4n) is 7.36. The van der Waals surface area contributed by atoms with Crippen LogP contribution in [0, 0.1) is 0 Å². The lowest BCUT2D eigenvalue weighted by molar-refractivity contribution is -0.132. The van der Waals surface area contributed by atoms with Crippen molar-refractivity contribution in [2.75, 3.05) is 6.61 Å². The average molecular weight is 776 g/mol. The quantitative estimate of drug-likeness (QED) is 0.0313. The van der Waals surface area contributed by atoms with Crippen LogP contribution in [0.5, 0.6) is 0 Å². The number of aliphatic hydroxyl groups excluding tert-OH is 4. The van der Waals surface area contributed by atoms with E-state index in [0.717, 1.165) is 38.5 Å². The van der Waals surface area contributed by atoms with E-state index in [2.05, 4.69) is 42.6 Å². The minimum Gasteiger partial charge on any atom is -0.394 e. The first kappa shape index (κ1) is 53.5. The van der Waals surface area contributed by atoms with Gasteiger partial charge in [0.25, 0.3) is 0 Å². The molecule has 5 N–H and O–H groups in total. The molecule has 0 radical (unpaired) electrons. The molecule has 6 heteroatoms. The van der Waals surface area contributed by atoms with Gasteiger partial charge < -0.3 is 25.7 Å². The second-order valence-corrected chi connectivity index (χ2v) is 16.4. The monoisotopic (exact) mass is 776 g/mol. The molecule has 0 heterocycles. The highest BCUT2D eigenvalue weighted by molar-refractivity contribution is 5.80. The third kappa shape index (κ3) is 37.8. The van der Waals surface area contributed by atoms with Crippen molar-refractivity contribution in [1.82, 2.24) is 5.32 Å². The minimum atomic E-state index is -1.29. The molecular formula is C49H93NO5. The third-order valence-electron chi connectivity index (χ3n) is 11.1. The maximum Gasteiger partial charge on any atom is 0.249 e. The molecule has 0 aromatic heterocycles. The summed E-state index contributed by atoms with van der Waals surface area (Å²) in [4.78, 5) is 12.5. The predicted octanol–water partition coefficient (Wildman–Crippen LogP) is 12.9. The molecule has 0 fully saturated rings. The fourth-order valence-corrected chi connectivity index (χ4v) is 7.36. The molecule has 6 nitrogen and oxygen atoms in total. The van der Waals surface area contributed by atoms with Crippen molar-refractivity contribution >= 4 is 5.91 Å². The van der Waals surface area contributed by atoms with Gasteiger partial charge in [-0.3, -0.25) is 4.79 Å². The number of carbonyl (C=O) groups excluding carboxylic acids is 1. The smallest absolute Gasteiger partial charge is 0.249 e. The highest BCUT2D eigenvalue weighted by Crippen LogP contribution is 2.16. The zero-order valence-electron chi connectivity index (χ0n) is 36.4. The van der Waals surface area contributed by atoms with Gasteiger partial charge in [-0.15, -0.1) is 0 Å². The van der Waals surface area contributed by atoms with Crippen molar-refractivity contribution in [3.8, 4) is 0 Å². The van der Waals surface area contributed by atoms with E-state index in [1.54, 1.807) is 0 Å². The van der Waals surface area contributed by atoms with Gasteiger partial charge in [-0.05, 0) is 71.1 Å². The van der Waals surface area contributed by atoms with Gasteiger partial charge in [0.2, 0.25) is 5.91 Å². The Morgan fingerprint density at radius 2 is 0.836 bits per heavy atom. The van der Waals surface area contributed by atoms with E-state index in [1.165, 1.54) is 167 Å². The lowest BCUT2D eigenvalue weighted by atomic mass is 10.00. The summed E-state index contributed by atoms with van der Waals surface area (Å²) in [6.07, 6.45) is 52.5. The second kappa shape index (κ2) is 43.6. The number of amides is 1. The Kier molecular flexibility index (Phi) is 42.5. The van der Waals surface area contributed by atoms with Crippen LogP contribution >= 0.6 is 0 Å². The molecule has 0 aromatic carbocycles.